The van der Waals surface area contributed by atoms with Gasteiger partial charge in [0.1, 0.15) is 6.04 Å². The highest BCUT2D eigenvalue weighted by Crippen LogP contribution is 2.09. The summed E-state index contributed by atoms with van der Waals surface area (Å²) in [5.41, 5.74) is 5.65. The number of hydrogen-bond acceptors (Lipinski definition) is 3. The monoisotopic (exact) mass is 201 g/mol. The van der Waals surface area contributed by atoms with Gasteiger partial charge in [-0.1, -0.05) is 33.1 Å². The number of hydrogen-bond donors (Lipinski definition) is 1. The van der Waals surface area contributed by atoms with Gasteiger partial charge in [-0.05, 0) is 19.3 Å². The molecule has 1 unspecified atom stereocenters. The minimum absolute atomic E-state index is 0.267. The van der Waals surface area contributed by atoms with E-state index < -0.39 is 6.04 Å². The summed E-state index contributed by atoms with van der Waals surface area (Å²) in [6, 6.07) is -0.429. The van der Waals surface area contributed by atoms with E-state index >= 15 is 0 Å². The smallest absolute Gasteiger partial charge is 0.322 e. The standard InChI is InChI=1S/C11H23NO2/c1-4-14-11(13)10(12)8-6-5-7-9(2)3/h9-10H,4-8,12H2,1-3H3. The Morgan fingerprint density at radius 1 is 1.29 bits per heavy atom. The number of ether oxygens (including phenoxy) is 1. The molecule has 0 aliphatic rings. The van der Waals surface area contributed by atoms with Gasteiger partial charge in [0.25, 0.3) is 0 Å². The molecule has 84 valence electrons. The number of nitrogens with two attached hydrogens (primary N) is 1. The average molecular weight is 201 g/mol. The van der Waals surface area contributed by atoms with Crippen molar-refractivity contribution in [3.63, 3.8) is 0 Å². The first-order valence-electron chi connectivity index (χ1n) is 5.50. The van der Waals surface area contributed by atoms with Gasteiger partial charge in [0.05, 0.1) is 6.61 Å². The third-order valence-electron chi connectivity index (χ3n) is 2.14. The second-order valence-electron chi connectivity index (χ2n) is 4.04. The largest absolute Gasteiger partial charge is 0.465 e. The molecule has 0 aromatic heterocycles. The van der Waals surface area contributed by atoms with E-state index in [-0.39, 0.29) is 5.97 Å². The molecular weight excluding hydrogens is 178 g/mol. The van der Waals surface area contributed by atoms with Crippen molar-refractivity contribution in [1.82, 2.24) is 0 Å². The lowest BCUT2D eigenvalue weighted by Crippen LogP contribution is -2.32. The van der Waals surface area contributed by atoms with E-state index in [9.17, 15) is 4.79 Å². The molecule has 3 nitrogen and oxygen atoms in total. The fraction of sp³-hybridized carbons (Fsp3) is 0.909. The van der Waals surface area contributed by atoms with Crippen LogP contribution in [-0.2, 0) is 9.53 Å². The first-order chi connectivity index (χ1) is 6.57. The lowest BCUT2D eigenvalue weighted by atomic mass is 10.0. The second-order valence-corrected chi connectivity index (χ2v) is 4.04. The van der Waals surface area contributed by atoms with E-state index in [1.54, 1.807) is 6.92 Å². The summed E-state index contributed by atoms with van der Waals surface area (Å²) in [7, 11) is 0. The molecular formula is C11H23NO2. The van der Waals surface area contributed by atoms with Crippen molar-refractivity contribution in [3.8, 4) is 0 Å². The molecule has 14 heavy (non-hydrogen) atoms. The second kappa shape index (κ2) is 7.80. The van der Waals surface area contributed by atoms with Gasteiger partial charge in [-0.2, -0.15) is 0 Å². The van der Waals surface area contributed by atoms with Crippen molar-refractivity contribution in [2.45, 2.75) is 52.5 Å². The minimum atomic E-state index is -0.429. The Balaban J connectivity index is 3.43. The van der Waals surface area contributed by atoms with Crippen LogP contribution in [0.1, 0.15) is 46.5 Å². The van der Waals surface area contributed by atoms with E-state index in [0.717, 1.165) is 25.2 Å². The van der Waals surface area contributed by atoms with Gasteiger partial charge in [0, 0.05) is 0 Å². The Morgan fingerprint density at radius 2 is 1.86 bits per heavy atom. The van der Waals surface area contributed by atoms with Gasteiger partial charge in [-0.15, -0.1) is 0 Å². The summed E-state index contributed by atoms with van der Waals surface area (Å²) in [6.45, 7) is 6.61. The van der Waals surface area contributed by atoms with Crippen molar-refractivity contribution in [2.24, 2.45) is 11.7 Å². The maximum atomic E-state index is 11.1. The molecule has 0 bridgehead atoms. The number of carbonyl (C=O) groups is 1. The Hall–Kier alpha value is -0.570. The molecule has 0 amide bonds. The van der Waals surface area contributed by atoms with Crippen LogP contribution < -0.4 is 5.73 Å². The molecule has 1 atom stereocenters. The number of rotatable bonds is 7. The Labute approximate surface area is 87.0 Å². The van der Waals surface area contributed by atoms with Crippen molar-refractivity contribution in [1.29, 1.82) is 0 Å². The fourth-order valence-corrected chi connectivity index (χ4v) is 1.28. The van der Waals surface area contributed by atoms with Crippen LogP contribution >= 0.6 is 0 Å². The zero-order chi connectivity index (χ0) is 11.0. The predicted molar refractivity (Wildman–Crippen MR) is 57.9 cm³/mol. The van der Waals surface area contributed by atoms with Crippen LogP contribution in [-0.4, -0.2) is 18.6 Å². The highest BCUT2D eigenvalue weighted by atomic mass is 16.5. The average Bonchev–Trinajstić information content (AvgIpc) is 2.12. The molecule has 0 rings (SSSR count). The summed E-state index contributed by atoms with van der Waals surface area (Å²) < 4.78 is 4.82. The molecule has 0 saturated heterocycles. The highest BCUT2D eigenvalue weighted by molar-refractivity contribution is 5.75. The lowest BCUT2D eigenvalue weighted by Gasteiger charge is -2.10. The quantitative estimate of drug-likeness (QED) is 0.507. The zero-order valence-corrected chi connectivity index (χ0v) is 9.58. The van der Waals surface area contributed by atoms with Crippen molar-refractivity contribution in [3.05, 3.63) is 0 Å². The maximum absolute atomic E-state index is 11.1. The van der Waals surface area contributed by atoms with E-state index in [1.807, 2.05) is 0 Å². The van der Waals surface area contributed by atoms with Crippen LogP contribution in [0.15, 0.2) is 0 Å². The van der Waals surface area contributed by atoms with E-state index in [1.165, 1.54) is 6.42 Å². The normalized spacial score (nSPS) is 12.9. The third-order valence-corrected chi connectivity index (χ3v) is 2.14. The number of carbonyl (C=O) groups excluding carboxylic acids is 1. The molecule has 0 heterocycles. The minimum Gasteiger partial charge on any atom is -0.465 e. The Kier molecular flexibility index (Phi) is 7.48. The molecule has 2 N–H and O–H groups in total. The summed E-state index contributed by atoms with van der Waals surface area (Å²) in [4.78, 5) is 11.1. The van der Waals surface area contributed by atoms with Gasteiger partial charge in [-0.25, -0.2) is 0 Å². The molecule has 0 saturated carbocycles. The molecule has 3 heteroatoms. The van der Waals surface area contributed by atoms with Crippen LogP contribution in [0.4, 0.5) is 0 Å². The molecule has 0 aromatic carbocycles. The van der Waals surface area contributed by atoms with Crippen molar-refractivity contribution >= 4 is 5.97 Å². The van der Waals surface area contributed by atoms with E-state index in [2.05, 4.69) is 13.8 Å². The Bertz CT molecular complexity index is 157. The molecule has 0 radical (unpaired) electrons. The van der Waals surface area contributed by atoms with Crippen LogP contribution in [0.5, 0.6) is 0 Å². The third kappa shape index (κ3) is 6.89. The fourth-order valence-electron chi connectivity index (χ4n) is 1.28. The Morgan fingerprint density at radius 3 is 2.36 bits per heavy atom. The van der Waals surface area contributed by atoms with Gasteiger partial charge in [-0.3, -0.25) is 4.79 Å². The summed E-state index contributed by atoms with van der Waals surface area (Å²) in [5, 5.41) is 0. The van der Waals surface area contributed by atoms with Crippen LogP contribution in [0.25, 0.3) is 0 Å². The van der Waals surface area contributed by atoms with Crippen LogP contribution in [0.2, 0.25) is 0 Å². The molecule has 0 aromatic rings. The van der Waals surface area contributed by atoms with Gasteiger partial charge in [0.2, 0.25) is 0 Å². The summed E-state index contributed by atoms with van der Waals surface area (Å²) in [6.07, 6.45) is 4.10. The lowest BCUT2D eigenvalue weighted by molar-refractivity contribution is -0.144. The summed E-state index contributed by atoms with van der Waals surface area (Å²) in [5.74, 6) is 0.464. The van der Waals surface area contributed by atoms with Crippen LogP contribution in [0.3, 0.4) is 0 Å². The summed E-state index contributed by atoms with van der Waals surface area (Å²) >= 11 is 0. The van der Waals surface area contributed by atoms with Crippen molar-refractivity contribution in [2.75, 3.05) is 6.61 Å². The first kappa shape index (κ1) is 13.4. The zero-order valence-electron chi connectivity index (χ0n) is 9.58. The SMILES string of the molecule is CCOC(=O)C(N)CCCCC(C)C. The van der Waals surface area contributed by atoms with Crippen molar-refractivity contribution < 1.29 is 9.53 Å². The number of esters is 1. The van der Waals surface area contributed by atoms with E-state index in [0.29, 0.717) is 6.61 Å². The molecule has 0 spiro atoms. The van der Waals surface area contributed by atoms with Gasteiger partial charge < -0.3 is 10.5 Å². The molecule has 0 aliphatic heterocycles. The van der Waals surface area contributed by atoms with Crippen LogP contribution in [0, 0.1) is 5.92 Å². The molecule has 0 aliphatic carbocycles. The van der Waals surface area contributed by atoms with E-state index in [4.69, 9.17) is 10.5 Å². The maximum Gasteiger partial charge on any atom is 0.322 e. The molecule has 0 fully saturated rings. The predicted octanol–water partition coefficient (Wildman–Crippen LogP) is 2.09. The van der Waals surface area contributed by atoms with Gasteiger partial charge in [0.15, 0.2) is 0 Å². The number of unbranched alkanes of at least 4 members (excludes halogenated alkanes) is 1. The first-order valence-corrected chi connectivity index (χ1v) is 5.50. The van der Waals surface area contributed by atoms with Gasteiger partial charge >= 0.3 is 5.97 Å². The topological polar surface area (TPSA) is 52.3 Å². The highest BCUT2D eigenvalue weighted by Gasteiger charge is 2.13.